The molecule has 4 nitrogen and oxygen atoms in total. The smallest absolute Gasteiger partial charge is 0.124 e. The molecule has 0 aromatic heterocycles. The monoisotopic (exact) mass is 316 g/mol. The Morgan fingerprint density at radius 3 is 2.43 bits per heavy atom. The van der Waals surface area contributed by atoms with Crippen LogP contribution in [0, 0.1) is 0 Å². The van der Waals surface area contributed by atoms with Gasteiger partial charge in [-0.25, -0.2) is 0 Å². The number of aliphatic hydroxyl groups is 1. The molecule has 0 unspecified atom stereocenters. The Morgan fingerprint density at radius 2 is 1.78 bits per heavy atom. The summed E-state index contributed by atoms with van der Waals surface area (Å²) >= 11 is 0. The van der Waals surface area contributed by atoms with Crippen LogP contribution in [0.2, 0.25) is 0 Å². The summed E-state index contributed by atoms with van der Waals surface area (Å²) in [6.07, 6.45) is -0.434. The molecule has 0 saturated carbocycles. The molecule has 1 N–H and O–H groups in total. The highest BCUT2D eigenvalue weighted by Gasteiger charge is 2.16. The largest absolute Gasteiger partial charge is 0.496 e. The molecule has 2 aromatic carbocycles. The van der Waals surface area contributed by atoms with E-state index in [0.717, 1.165) is 22.6 Å². The summed E-state index contributed by atoms with van der Waals surface area (Å²) in [7, 11) is 1.63. The van der Waals surface area contributed by atoms with Crippen LogP contribution in [-0.4, -0.2) is 24.9 Å². The first-order valence-corrected chi connectivity index (χ1v) is 7.75. The lowest BCUT2D eigenvalue weighted by Crippen LogP contribution is -2.16. The fourth-order valence-electron chi connectivity index (χ4n) is 2.33. The molecule has 0 aliphatic rings. The maximum Gasteiger partial charge on any atom is 0.124 e. The minimum Gasteiger partial charge on any atom is -0.496 e. The van der Waals surface area contributed by atoms with Gasteiger partial charge in [0, 0.05) is 5.56 Å². The van der Waals surface area contributed by atoms with Crippen molar-refractivity contribution in [2.75, 3.05) is 13.7 Å². The Morgan fingerprint density at radius 1 is 1.04 bits per heavy atom. The molecule has 0 aliphatic carbocycles. The Hall–Kier alpha value is -2.04. The van der Waals surface area contributed by atoms with Gasteiger partial charge in [0.15, 0.2) is 0 Å². The average Bonchev–Trinajstić information content (AvgIpc) is 2.60. The van der Waals surface area contributed by atoms with Crippen molar-refractivity contribution >= 4 is 0 Å². The fourth-order valence-corrected chi connectivity index (χ4v) is 2.33. The van der Waals surface area contributed by atoms with Crippen molar-refractivity contribution in [1.29, 1.82) is 0 Å². The summed E-state index contributed by atoms with van der Waals surface area (Å²) in [6, 6.07) is 15.7. The van der Waals surface area contributed by atoms with Crippen LogP contribution in [0.1, 0.15) is 31.1 Å². The Kier molecular flexibility index (Phi) is 6.44. The number of hydrogen-bond acceptors (Lipinski definition) is 4. The minimum atomic E-state index is -0.233. The molecular formula is C19H24O4. The highest BCUT2D eigenvalue weighted by Crippen LogP contribution is 2.32. The summed E-state index contributed by atoms with van der Waals surface area (Å²) in [5.74, 6) is 1.51. The lowest BCUT2D eigenvalue weighted by molar-refractivity contribution is -0.0228. The molecule has 2 rings (SSSR count). The van der Waals surface area contributed by atoms with Crippen LogP contribution in [0.15, 0.2) is 48.5 Å². The van der Waals surface area contributed by atoms with Gasteiger partial charge in [-0.2, -0.15) is 0 Å². The molecule has 23 heavy (non-hydrogen) atoms. The predicted molar refractivity (Wildman–Crippen MR) is 89.8 cm³/mol. The Balaban J connectivity index is 2.11. The first-order chi connectivity index (χ1) is 11.1. The zero-order valence-electron chi connectivity index (χ0n) is 13.9. The molecule has 0 fully saturated rings. The fraction of sp³-hybridized carbons (Fsp3) is 0.368. The van der Waals surface area contributed by atoms with Crippen molar-refractivity contribution in [3.05, 3.63) is 59.7 Å². The zero-order valence-corrected chi connectivity index (χ0v) is 13.9. The lowest BCUT2D eigenvalue weighted by Gasteiger charge is -2.20. The number of methoxy groups -OCH3 is 1. The van der Waals surface area contributed by atoms with E-state index in [9.17, 15) is 0 Å². The van der Waals surface area contributed by atoms with Gasteiger partial charge >= 0.3 is 0 Å². The normalized spacial score (nSPS) is 13.4. The zero-order chi connectivity index (χ0) is 16.7. The van der Waals surface area contributed by atoms with Crippen LogP contribution in [0.4, 0.5) is 0 Å². The van der Waals surface area contributed by atoms with Gasteiger partial charge in [-0.1, -0.05) is 30.3 Å². The molecule has 0 heterocycles. The van der Waals surface area contributed by atoms with E-state index in [-0.39, 0.29) is 18.8 Å². The van der Waals surface area contributed by atoms with Crippen molar-refractivity contribution in [1.82, 2.24) is 0 Å². The molecule has 0 radical (unpaired) electrons. The maximum absolute atomic E-state index is 9.14. The van der Waals surface area contributed by atoms with Gasteiger partial charge in [-0.15, -0.1) is 0 Å². The number of aliphatic hydroxyl groups excluding tert-OH is 1. The second-order valence-corrected chi connectivity index (χ2v) is 5.45. The summed E-state index contributed by atoms with van der Waals surface area (Å²) < 4.78 is 17.0. The summed E-state index contributed by atoms with van der Waals surface area (Å²) in [6.45, 7) is 4.26. The molecule has 0 aliphatic heterocycles. The first kappa shape index (κ1) is 17.3. The molecule has 4 heteroatoms. The summed E-state index contributed by atoms with van der Waals surface area (Å²) in [4.78, 5) is 0. The third-order valence-corrected chi connectivity index (χ3v) is 3.58. The van der Waals surface area contributed by atoms with Crippen LogP contribution in [0.3, 0.4) is 0 Å². The Labute approximate surface area is 137 Å². The van der Waals surface area contributed by atoms with Crippen molar-refractivity contribution < 1.29 is 19.3 Å². The van der Waals surface area contributed by atoms with E-state index in [1.807, 2.05) is 62.4 Å². The van der Waals surface area contributed by atoms with E-state index in [2.05, 4.69) is 0 Å². The van der Waals surface area contributed by atoms with Crippen LogP contribution in [-0.2, 0) is 11.3 Å². The molecular weight excluding hydrogens is 292 g/mol. The molecule has 0 bridgehead atoms. The van der Waals surface area contributed by atoms with Gasteiger partial charge in [-0.3, -0.25) is 0 Å². The maximum atomic E-state index is 9.14. The minimum absolute atomic E-state index is 0.0170. The van der Waals surface area contributed by atoms with E-state index < -0.39 is 0 Å². The second kappa shape index (κ2) is 8.56. The first-order valence-electron chi connectivity index (χ1n) is 7.75. The molecule has 2 aromatic rings. The van der Waals surface area contributed by atoms with Crippen molar-refractivity contribution in [3.63, 3.8) is 0 Å². The standard InChI is InChI=1S/C19H24O4/c1-14(12-20)23-15(2)18-11-17(9-10-19(18)21-3)22-13-16-7-5-4-6-8-16/h4-11,14-15,20H,12-13H2,1-3H3/t14-,15-/m1/s1. The van der Waals surface area contributed by atoms with Gasteiger partial charge in [0.2, 0.25) is 0 Å². The quantitative estimate of drug-likeness (QED) is 0.806. The van der Waals surface area contributed by atoms with Crippen LogP contribution in [0.5, 0.6) is 11.5 Å². The molecule has 2 atom stereocenters. The average molecular weight is 316 g/mol. The van der Waals surface area contributed by atoms with Crippen LogP contribution >= 0.6 is 0 Å². The molecule has 0 spiro atoms. The van der Waals surface area contributed by atoms with Gasteiger partial charge in [-0.05, 0) is 37.6 Å². The summed E-state index contributed by atoms with van der Waals surface area (Å²) in [5.41, 5.74) is 2.02. The summed E-state index contributed by atoms with van der Waals surface area (Å²) in [5, 5.41) is 9.14. The van der Waals surface area contributed by atoms with Gasteiger partial charge in [0.1, 0.15) is 18.1 Å². The predicted octanol–water partition coefficient (Wildman–Crippen LogP) is 3.73. The number of rotatable bonds is 8. The topological polar surface area (TPSA) is 47.9 Å². The van der Waals surface area contributed by atoms with E-state index in [1.54, 1.807) is 7.11 Å². The van der Waals surface area contributed by atoms with E-state index in [0.29, 0.717) is 6.61 Å². The van der Waals surface area contributed by atoms with Gasteiger partial charge in [0.05, 0.1) is 25.9 Å². The van der Waals surface area contributed by atoms with Gasteiger partial charge < -0.3 is 19.3 Å². The highest BCUT2D eigenvalue weighted by atomic mass is 16.5. The van der Waals surface area contributed by atoms with Crippen molar-refractivity contribution in [3.8, 4) is 11.5 Å². The number of benzene rings is 2. The number of hydrogen-bond donors (Lipinski definition) is 1. The second-order valence-electron chi connectivity index (χ2n) is 5.45. The van der Waals surface area contributed by atoms with E-state index in [1.165, 1.54) is 0 Å². The highest BCUT2D eigenvalue weighted by molar-refractivity contribution is 5.41. The van der Waals surface area contributed by atoms with Crippen LogP contribution in [0.25, 0.3) is 0 Å². The van der Waals surface area contributed by atoms with E-state index in [4.69, 9.17) is 19.3 Å². The van der Waals surface area contributed by atoms with E-state index >= 15 is 0 Å². The number of ether oxygens (including phenoxy) is 3. The molecule has 124 valence electrons. The SMILES string of the molecule is COc1ccc(OCc2ccccc2)cc1[C@@H](C)O[C@H](C)CO. The van der Waals surface area contributed by atoms with Gasteiger partial charge in [0.25, 0.3) is 0 Å². The van der Waals surface area contributed by atoms with Crippen LogP contribution < -0.4 is 9.47 Å². The van der Waals surface area contributed by atoms with Crippen molar-refractivity contribution in [2.45, 2.75) is 32.7 Å². The molecule has 0 saturated heterocycles. The van der Waals surface area contributed by atoms with Crippen molar-refractivity contribution in [2.24, 2.45) is 0 Å². The molecule has 0 amide bonds. The Bertz CT molecular complexity index is 598. The lowest BCUT2D eigenvalue weighted by atomic mass is 10.1. The third kappa shape index (κ3) is 4.98. The third-order valence-electron chi connectivity index (χ3n) is 3.58.